The molecular weight excluding hydrogens is 351 g/mol. The molecule has 2 heterocycles. The van der Waals surface area contributed by atoms with E-state index in [1.807, 2.05) is 20.2 Å². The van der Waals surface area contributed by atoms with Crippen molar-refractivity contribution >= 4 is 48.2 Å². The maximum absolute atomic E-state index is 13.8. The number of H-pyrrole nitrogens is 1. The van der Waals surface area contributed by atoms with Gasteiger partial charge in [-0.15, -0.1) is 0 Å². The minimum atomic E-state index is -0.362. The van der Waals surface area contributed by atoms with E-state index in [0.29, 0.717) is 10.8 Å². The number of hydrogen-bond acceptors (Lipinski definition) is 5. The Morgan fingerprint density at radius 2 is 2.08 bits per heavy atom. The van der Waals surface area contributed by atoms with Gasteiger partial charge in [-0.2, -0.15) is 0 Å². The molecule has 0 unspecified atom stereocenters. The highest BCUT2D eigenvalue weighted by Crippen LogP contribution is 2.38. The van der Waals surface area contributed by atoms with Crippen LogP contribution in [0.1, 0.15) is 6.42 Å². The lowest BCUT2D eigenvalue weighted by atomic mass is 10.0. The molecule has 0 radical (unpaired) electrons. The van der Waals surface area contributed by atoms with Gasteiger partial charge in [0.05, 0.1) is 15.6 Å². The molecule has 5 nitrogen and oxygen atoms in total. The summed E-state index contributed by atoms with van der Waals surface area (Å²) >= 11 is 1.53. The lowest BCUT2D eigenvalue weighted by molar-refractivity contribution is 0.405. The molecule has 0 amide bonds. The van der Waals surface area contributed by atoms with Crippen LogP contribution in [0, 0.1) is 5.82 Å². The van der Waals surface area contributed by atoms with Crippen molar-refractivity contribution in [2.24, 2.45) is 0 Å². The third kappa shape index (κ3) is 2.93. The van der Waals surface area contributed by atoms with Crippen LogP contribution in [0.3, 0.4) is 0 Å². The van der Waals surface area contributed by atoms with Crippen molar-refractivity contribution in [2.75, 3.05) is 32.5 Å². The third-order valence-electron chi connectivity index (χ3n) is 4.40. The number of aromatic amines is 1. The van der Waals surface area contributed by atoms with Crippen LogP contribution >= 0.6 is 11.3 Å². The van der Waals surface area contributed by atoms with E-state index < -0.39 is 0 Å². The second kappa shape index (κ2) is 6.66. The van der Waals surface area contributed by atoms with Gasteiger partial charge in [-0.05, 0) is 51.3 Å². The van der Waals surface area contributed by atoms with Gasteiger partial charge in [0.1, 0.15) is 5.82 Å². The number of halogens is 1. The number of hydrogen-bond donors (Lipinski definition) is 2. The van der Waals surface area contributed by atoms with Crippen LogP contribution in [-0.4, -0.2) is 42.1 Å². The van der Waals surface area contributed by atoms with Gasteiger partial charge in [-0.25, -0.2) is 9.37 Å². The lowest BCUT2D eigenvalue weighted by Crippen LogP contribution is -2.16. The molecule has 0 aliphatic carbocycles. The number of pyridine rings is 1. The van der Waals surface area contributed by atoms with E-state index in [1.165, 1.54) is 23.5 Å². The van der Waals surface area contributed by atoms with Crippen molar-refractivity contribution in [3.63, 3.8) is 0 Å². The van der Waals surface area contributed by atoms with Crippen LogP contribution < -0.4 is 10.9 Å². The molecule has 0 saturated carbocycles. The van der Waals surface area contributed by atoms with Gasteiger partial charge in [-0.3, -0.25) is 4.79 Å². The second-order valence-electron chi connectivity index (χ2n) is 6.57. The maximum atomic E-state index is 13.8. The Morgan fingerprint density at radius 1 is 1.23 bits per heavy atom. The molecule has 2 aromatic heterocycles. The quantitative estimate of drug-likeness (QED) is 0.414. The van der Waals surface area contributed by atoms with Gasteiger partial charge in [0.25, 0.3) is 5.56 Å². The monoisotopic (exact) mass is 370 g/mol. The Labute approximate surface area is 153 Å². The molecular formula is C19H19FN4OS. The topological polar surface area (TPSA) is 61.0 Å². The van der Waals surface area contributed by atoms with Crippen molar-refractivity contribution in [1.29, 1.82) is 0 Å². The molecule has 0 fully saturated rings. The lowest BCUT2D eigenvalue weighted by Gasteiger charge is -2.08. The predicted molar refractivity (Wildman–Crippen MR) is 107 cm³/mol. The van der Waals surface area contributed by atoms with Gasteiger partial charge in [-0.1, -0.05) is 11.3 Å². The van der Waals surface area contributed by atoms with Crippen molar-refractivity contribution in [3.8, 4) is 0 Å². The fourth-order valence-electron chi connectivity index (χ4n) is 3.22. The molecule has 0 bridgehead atoms. The van der Waals surface area contributed by atoms with Crippen LogP contribution in [0.4, 0.5) is 9.52 Å². The Balaban J connectivity index is 1.89. The summed E-state index contributed by atoms with van der Waals surface area (Å²) in [5, 5.41) is 6.89. The molecule has 26 heavy (non-hydrogen) atoms. The molecule has 0 spiro atoms. The average molecular weight is 370 g/mol. The first-order valence-corrected chi connectivity index (χ1v) is 9.28. The molecule has 134 valence electrons. The summed E-state index contributed by atoms with van der Waals surface area (Å²) in [6, 6.07) is 6.38. The van der Waals surface area contributed by atoms with E-state index in [2.05, 4.69) is 15.2 Å². The summed E-state index contributed by atoms with van der Waals surface area (Å²) in [5.74, 6) is -0.362. The van der Waals surface area contributed by atoms with Crippen LogP contribution in [0.15, 0.2) is 35.3 Å². The normalized spacial score (nSPS) is 11.8. The summed E-state index contributed by atoms with van der Waals surface area (Å²) in [4.78, 5) is 22.0. The molecule has 0 aliphatic heterocycles. The Kier molecular flexibility index (Phi) is 4.34. The van der Waals surface area contributed by atoms with E-state index in [-0.39, 0.29) is 11.4 Å². The molecule has 0 aliphatic rings. The fraction of sp³-hybridized carbons (Fsp3) is 0.263. The van der Waals surface area contributed by atoms with E-state index in [9.17, 15) is 9.18 Å². The number of nitrogens with zero attached hydrogens (tertiary/aromatic N) is 2. The molecule has 2 N–H and O–H groups in total. The largest absolute Gasteiger partial charge is 0.361 e. The summed E-state index contributed by atoms with van der Waals surface area (Å²) < 4.78 is 14.8. The number of thiazole rings is 1. The Bertz CT molecular complexity index is 1170. The van der Waals surface area contributed by atoms with Gasteiger partial charge in [0, 0.05) is 28.9 Å². The fourth-order valence-corrected chi connectivity index (χ4v) is 4.25. The van der Waals surface area contributed by atoms with Crippen molar-refractivity contribution in [1.82, 2.24) is 14.9 Å². The average Bonchev–Trinajstić information content (AvgIpc) is 3.03. The van der Waals surface area contributed by atoms with E-state index >= 15 is 0 Å². The first kappa shape index (κ1) is 16.9. The summed E-state index contributed by atoms with van der Waals surface area (Å²) in [7, 11) is 4.10. The van der Waals surface area contributed by atoms with Crippen molar-refractivity contribution < 1.29 is 4.39 Å². The Morgan fingerprint density at radius 3 is 2.88 bits per heavy atom. The molecule has 4 rings (SSSR count). The minimum Gasteiger partial charge on any atom is -0.361 e. The first-order chi connectivity index (χ1) is 12.5. The van der Waals surface area contributed by atoms with E-state index in [0.717, 1.165) is 45.6 Å². The number of aromatic nitrogens is 2. The second-order valence-corrected chi connectivity index (χ2v) is 7.56. The van der Waals surface area contributed by atoms with Crippen LogP contribution in [-0.2, 0) is 0 Å². The number of fused-ring (bicyclic) bond motifs is 6. The van der Waals surface area contributed by atoms with E-state index in [1.54, 1.807) is 12.3 Å². The first-order valence-electron chi connectivity index (χ1n) is 8.46. The molecule has 0 atom stereocenters. The zero-order valence-corrected chi connectivity index (χ0v) is 15.4. The third-order valence-corrected chi connectivity index (χ3v) is 5.44. The summed E-state index contributed by atoms with van der Waals surface area (Å²) in [5.41, 5.74) is 0.590. The zero-order chi connectivity index (χ0) is 18.3. The maximum Gasteiger partial charge on any atom is 0.256 e. The molecule has 4 aromatic rings. The van der Waals surface area contributed by atoms with Gasteiger partial charge >= 0.3 is 0 Å². The van der Waals surface area contributed by atoms with Crippen LogP contribution in [0.25, 0.3) is 31.8 Å². The zero-order valence-electron chi connectivity index (χ0n) is 14.6. The van der Waals surface area contributed by atoms with Gasteiger partial charge in [0.2, 0.25) is 0 Å². The highest BCUT2D eigenvalue weighted by atomic mass is 32.1. The van der Waals surface area contributed by atoms with Gasteiger partial charge < -0.3 is 15.2 Å². The smallest absolute Gasteiger partial charge is 0.256 e. The van der Waals surface area contributed by atoms with Gasteiger partial charge in [0.15, 0.2) is 5.13 Å². The van der Waals surface area contributed by atoms with Crippen LogP contribution in [0.2, 0.25) is 0 Å². The Hall–Kier alpha value is -2.51. The number of anilines is 1. The van der Waals surface area contributed by atoms with E-state index in [4.69, 9.17) is 4.98 Å². The summed E-state index contributed by atoms with van der Waals surface area (Å²) in [6.07, 6.45) is 2.63. The SMILES string of the molecule is CN(C)CCCNc1nc2c3ccc(F)cc3c3c(=O)[nH]ccc3c2s1. The minimum absolute atomic E-state index is 0.214. The van der Waals surface area contributed by atoms with Crippen molar-refractivity contribution in [2.45, 2.75) is 6.42 Å². The number of benzene rings is 2. The molecule has 0 saturated heterocycles. The number of rotatable bonds is 5. The molecule has 2 aromatic carbocycles. The highest BCUT2D eigenvalue weighted by Gasteiger charge is 2.15. The summed E-state index contributed by atoms with van der Waals surface area (Å²) in [6.45, 7) is 1.82. The van der Waals surface area contributed by atoms with Crippen LogP contribution in [0.5, 0.6) is 0 Å². The predicted octanol–water partition coefficient (Wildman–Crippen LogP) is 3.79. The standard InChI is InChI=1S/C19H19FN4OS/c1-24(2)9-3-7-22-19-23-16-12-5-4-11(20)10-14(12)15-13(17(16)26-19)6-8-21-18(15)25/h4-6,8,10H,3,7,9H2,1-2H3,(H,21,25)(H,22,23). The van der Waals surface area contributed by atoms with Crippen molar-refractivity contribution in [3.05, 3.63) is 46.6 Å². The highest BCUT2D eigenvalue weighted by molar-refractivity contribution is 7.23. The number of nitrogens with one attached hydrogen (secondary N) is 2. The molecule has 7 heteroatoms.